The van der Waals surface area contributed by atoms with Gasteiger partial charge in [-0.1, -0.05) is 13.0 Å². The molecule has 0 aromatic carbocycles. The molecule has 0 bridgehead atoms. The van der Waals surface area contributed by atoms with Gasteiger partial charge in [-0.25, -0.2) is 9.50 Å². The van der Waals surface area contributed by atoms with Crippen LogP contribution in [0.1, 0.15) is 40.2 Å². The Kier molecular flexibility index (Phi) is 4.24. The second-order valence-corrected chi connectivity index (χ2v) is 5.86. The largest absolute Gasteiger partial charge is 0.333 e. The molecule has 0 aliphatic rings. The summed E-state index contributed by atoms with van der Waals surface area (Å²) < 4.78 is 1.59. The van der Waals surface area contributed by atoms with E-state index in [1.807, 2.05) is 38.2 Å². The molecule has 0 radical (unpaired) electrons. The topological polar surface area (TPSA) is 76.3 Å². The number of aromatic nitrogens is 5. The molecule has 0 atom stereocenters. The highest BCUT2D eigenvalue weighted by Gasteiger charge is 2.19. The van der Waals surface area contributed by atoms with Crippen molar-refractivity contribution in [2.75, 3.05) is 7.05 Å². The molecule has 1 amide bonds. The summed E-state index contributed by atoms with van der Waals surface area (Å²) in [6, 6.07) is 5.87. The van der Waals surface area contributed by atoms with Gasteiger partial charge in [-0.2, -0.15) is 4.98 Å². The van der Waals surface area contributed by atoms with Crippen molar-refractivity contribution in [1.29, 1.82) is 0 Å². The SMILES string of the molecule is CCc1ccc(CN(C)C(=O)c2nc3nc(C)cc(C)n3n2)nc1. The molecule has 3 rings (SSSR count). The molecular weight excluding hydrogens is 304 g/mol. The van der Waals surface area contributed by atoms with Crippen LogP contribution in [-0.4, -0.2) is 42.4 Å². The lowest BCUT2D eigenvalue weighted by atomic mass is 10.2. The molecule has 3 aromatic heterocycles. The number of aryl methyl sites for hydroxylation is 3. The highest BCUT2D eigenvalue weighted by molar-refractivity contribution is 5.90. The first-order chi connectivity index (χ1) is 11.5. The van der Waals surface area contributed by atoms with E-state index in [1.54, 1.807) is 16.5 Å². The van der Waals surface area contributed by atoms with Gasteiger partial charge in [-0.05, 0) is 38.0 Å². The lowest BCUT2D eigenvalue weighted by Crippen LogP contribution is -2.27. The Morgan fingerprint density at radius 2 is 2.04 bits per heavy atom. The first kappa shape index (κ1) is 16.0. The third-order valence-electron chi connectivity index (χ3n) is 3.85. The Balaban J connectivity index is 1.81. The molecule has 0 aliphatic heterocycles. The van der Waals surface area contributed by atoms with E-state index >= 15 is 0 Å². The second kappa shape index (κ2) is 6.35. The lowest BCUT2D eigenvalue weighted by Gasteiger charge is -2.14. The number of rotatable bonds is 4. The van der Waals surface area contributed by atoms with E-state index in [1.165, 1.54) is 5.56 Å². The maximum atomic E-state index is 12.6. The number of carbonyl (C=O) groups excluding carboxylic acids is 1. The van der Waals surface area contributed by atoms with E-state index < -0.39 is 0 Å². The number of amides is 1. The van der Waals surface area contributed by atoms with E-state index in [9.17, 15) is 4.79 Å². The summed E-state index contributed by atoms with van der Waals surface area (Å²) in [5, 5.41) is 4.27. The molecule has 0 aliphatic carbocycles. The number of pyridine rings is 1. The molecule has 124 valence electrons. The third kappa shape index (κ3) is 3.10. The van der Waals surface area contributed by atoms with E-state index in [4.69, 9.17) is 0 Å². The fraction of sp³-hybridized carbons (Fsp3) is 0.353. The van der Waals surface area contributed by atoms with Crippen LogP contribution in [0.25, 0.3) is 5.78 Å². The zero-order chi connectivity index (χ0) is 17.3. The van der Waals surface area contributed by atoms with Crippen LogP contribution in [0.5, 0.6) is 0 Å². The summed E-state index contributed by atoms with van der Waals surface area (Å²) in [5.41, 5.74) is 3.74. The summed E-state index contributed by atoms with van der Waals surface area (Å²) in [6.07, 6.45) is 2.78. The molecule has 0 fully saturated rings. The van der Waals surface area contributed by atoms with Gasteiger partial charge in [-0.3, -0.25) is 9.78 Å². The van der Waals surface area contributed by atoms with Crippen molar-refractivity contribution in [3.8, 4) is 0 Å². The molecule has 24 heavy (non-hydrogen) atoms. The number of nitrogens with zero attached hydrogens (tertiary/aromatic N) is 6. The third-order valence-corrected chi connectivity index (χ3v) is 3.85. The quantitative estimate of drug-likeness (QED) is 0.733. The lowest BCUT2D eigenvalue weighted by molar-refractivity contribution is 0.0771. The van der Waals surface area contributed by atoms with E-state index in [0.29, 0.717) is 12.3 Å². The maximum absolute atomic E-state index is 12.6. The van der Waals surface area contributed by atoms with Crippen LogP contribution in [0.3, 0.4) is 0 Å². The predicted molar refractivity (Wildman–Crippen MR) is 89.7 cm³/mol. The molecule has 3 heterocycles. The Morgan fingerprint density at radius 3 is 2.71 bits per heavy atom. The molecular formula is C17H20N6O. The van der Waals surface area contributed by atoms with E-state index in [0.717, 1.165) is 23.5 Å². The first-order valence-electron chi connectivity index (χ1n) is 7.88. The van der Waals surface area contributed by atoms with Crippen LogP contribution in [-0.2, 0) is 13.0 Å². The number of carbonyl (C=O) groups is 1. The average molecular weight is 324 g/mol. The Morgan fingerprint density at radius 1 is 1.25 bits per heavy atom. The van der Waals surface area contributed by atoms with Gasteiger partial charge < -0.3 is 4.90 Å². The Bertz CT molecular complexity index is 884. The summed E-state index contributed by atoms with van der Waals surface area (Å²) >= 11 is 0. The van der Waals surface area contributed by atoms with Crippen molar-refractivity contribution in [3.63, 3.8) is 0 Å². The van der Waals surface area contributed by atoms with Gasteiger partial charge in [0, 0.05) is 24.6 Å². The molecule has 7 heteroatoms. The fourth-order valence-electron chi connectivity index (χ4n) is 2.50. The van der Waals surface area contributed by atoms with Crippen molar-refractivity contribution in [2.45, 2.75) is 33.7 Å². The van der Waals surface area contributed by atoms with Crippen molar-refractivity contribution < 1.29 is 4.79 Å². The highest BCUT2D eigenvalue weighted by Crippen LogP contribution is 2.09. The van der Waals surface area contributed by atoms with Crippen LogP contribution >= 0.6 is 0 Å². The van der Waals surface area contributed by atoms with Crippen LogP contribution in [0.2, 0.25) is 0 Å². The standard InChI is InChI=1S/C17H20N6O/c1-5-13-6-7-14(18-9-13)10-22(4)16(24)15-20-17-19-11(2)8-12(3)23(17)21-15/h6-9H,5,10H2,1-4H3. The van der Waals surface area contributed by atoms with Gasteiger partial charge in [-0.15, -0.1) is 5.10 Å². The monoisotopic (exact) mass is 324 g/mol. The fourth-order valence-corrected chi connectivity index (χ4v) is 2.50. The summed E-state index contributed by atoms with van der Waals surface area (Å²) in [7, 11) is 1.72. The zero-order valence-corrected chi connectivity index (χ0v) is 14.3. The minimum Gasteiger partial charge on any atom is -0.333 e. The van der Waals surface area contributed by atoms with E-state index in [2.05, 4.69) is 27.0 Å². The van der Waals surface area contributed by atoms with Gasteiger partial charge in [0.1, 0.15) is 0 Å². The van der Waals surface area contributed by atoms with Crippen molar-refractivity contribution in [3.05, 3.63) is 52.9 Å². The van der Waals surface area contributed by atoms with Crippen molar-refractivity contribution >= 4 is 11.7 Å². The van der Waals surface area contributed by atoms with Gasteiger partial charge in [0.15, 0.2) is 0 Å². The average Bonchev–Trinajstić information content (AvgIpc) is 2.99. The minimum absolute atomic E-state index is 0.142. The summed E-state index contributed by atoms with van der Waals surface area (Å²) in [5.74, 6) is 0.331. The highest BCUT2D eigenvalue weighted by atomic mass is 16.2. The molecule has 0 unspecified atom stereocenters. The maximum Gasteiger partial charge on any atom is 0.293 e. The summed E-state index contributed by atoms with van der Waals surface area (Å²) in [6.45, 7) is 6.29. The van der Waals surface area contributed by atoms with Gasteiger partial charge in [0.05, 0.1) is 12.2 Å². The van der Waals surface area contributed by atoms with E-state index in [-0.39, 0.29) is 11.7 Å². The normalized spacial score (nSPS) is 11.0. The smallest absolute Gasteiger partial charge is 0.293 e. The van der Waals surface area contributed by atoms with Crippen LogP contribution in [0.15, 0.2) is 24.4 Å². The molecule has 0 saturated heterocycles. The predicted octanol–water partition coefficient (Wildman–Crippen LogP) is 1.97. The summed E-state index contributed by atoms with van der Waals surface area (Å²) in [4.78, 5) is 27.1. The van der Waals surface area contributed by atoms with Crippen molar-refractivity contribution in [2.24, 2.45) is 0 Å². The van der Waals surface area contributed by atoms with Gasteiger partial charge >= 0.3 is 0 Å². The van der Waals surface area contributed by atoms with Gasteiger partial charge in [0.2, 0.25) is 5.82 Å². The Labute approximate surface area is 140 Å². The number of hydrogen-bond donors (Lipinski definition) is 0. The van der Waals surface area contributed by atoms with Crippen LogP contribution < -0.4 is 0 Å². The van der Waals surface area contributed by atoms with Gasteiger partial charge in [0.25, 0.3) is 11.7 Å². The van der Waals surface area contributed by atoms with Crippen molar-refractivity contribution in [1.82, 2.24) is 29.5 Å². The minimum atomic E-state index is -0.251. The molecule has 3 aromatic rings. The van der Waals surface area contributed by atoms with Crippen LogP contribution in [0, 0.1) is 13.8 Å². The zero-order valence-electron chi connectivity index (χ0n) is 14.3. The molecule has 0 N–H and O–H groups in total. The molecule has 0 saturated carbocycles. The number of hydrogen-bond acceptors (Lipinski definition) is 5. The number of fused-ring (bicyclic) bond motifs is 1. The molecule has 7 nitrogen and oxygen atoms in total. The van der Waals surface area contributed by atoms with Crippen LogP contribution in [0.4, 0.5) is 0 Å². The Hall–Kier alpha value is -2.83. The molecule has 0 spiro atoms. The first-order valence-corrected chi connectivity index (χ1v) is 7.88. The second-order valence-electron chi connectivity index (χ2n) is 5.86.